The maximum absolute atomic E-state index is 12.1. The average molecular weight is 277 g/mol. The number of amides is 1. The smallest absolute Gasteiger partial charge is 0.224 e. The van der Waals surface area contributed by atoms with Gasteiger partial charge in [0.15, 0.2) is 0 Å². The second kappa shape index (κ2) is 7.97. The number of likely N-dealkylation sites (N-methyl/N-ethyl adjacent to an activating group) is 1. The first kappa shape index (κ1) is 15.7. The van der Waals surface area contributed by atoms with Crippen LogP contribution < -0.4 is 5.32 Å². The SMILES string of the molecule is CCN(CC1CCCO1)C(=O)CC1CCCN1.Cl. The Balaban J connectivity index is 0.00000162. The molecule has 2 heterocycles. The molecule has 0 aromatic heterocycles. The van der Waals surface area contributed by atoms with Crippen LogP contribution in [-0.4, -0.2) is 49.2 Å². The minimum absolute atomic E-state index is 0. The zero-order valence-corrected chi connectivity index (χ0v) is 12.0. The van der Waals surface area contributed by atoms with Crippen LogP contribution in [0.5, 0.6) is 0 Å². The van der Waals surface area contributed by atoms with Crippen LogP contribution in [0.2, 0.25) is 0 Å². The first-order valence-corrected chi connectivity index (χ1v) is 6.92. The molecule has 0 aromatic rings. The molecule has 0 saturated carbocycles. The molecule has 0 radical (unpaired) electrons. The Morgan fingerprint density at radius 3 is 2.78 bits per heavy atom. The lowest BCUT2D eigenvalue weighted by Gasteiger charge is -2.25. The van der Waals surface area contributed by atoms with Crippen molar-refractivity contribution < 1.29 is 9.53 Å². The number of nitrogens with one attached hydrogen (secondary N) is 1. The molecule has 4 nitrogen and oxygen atoms in total. The number of carbonyl (C=O) groups excluding carboxylic acids is 1. The molecule has 2 aliphatic heterocycles. The molecule has 2 atom stereocenters. The van der Waals surface area contributed by atoms with Crippen molar-refractivity contribution >= 4 is 18.3 Å². The monoisotopic (exact) mass is 276 g/mol. The highest BCUT2D eigenvalue weighted by molar-refractivity contribution is 5.85. The lowest BCUT2D eigenvalue weighted by atomic mass is 10.1. The standard InChI is InChI=1S/C13H24N2O2.ClH/c1-2-15(10-12-6-4-8-17-12)13(16)9-11-5-3-7-14-11;/h11-12,14H,2-10H2,1H3;1H. The van der Waals surface area contributed by atoms with Gasteiger partial charge in [0.2, 0.25) is 5.91 Å². The van der Waals surface area contributed by atoms with Crippen LogP contribution in [0.3, 0.4) is 0 Å². The topological polar surface area (TPSA) is 41.6 Å². The van der Waals surface area contributed by atoms with Gasteiger partial charge in [-0.1, -0.05) is 0 Å². The van der Waals surface area contributed by atoms with Gasteiger partial charge in [-0.25, -0.2) is 0 Å². The predicted octanol–water partition coefficient (Wildman–Crippen LogP) is 1.58. The van der Waals surface area contributed by atoms with E-state index in [4.69, 9.17) is 4.74 Å². The highest BCUT2D eigenvalue weighted by atomic mass is 35.5. The molecule has 2 rings (SSSR count). The third-order valence-corrected chi connectivity index (χ3v) is 3.77. The Kier molecular flexibility index (Phi) is 6.97. The Labute approximate surface area is 116 Å². The summed E-state index contributed by atoms with van der Waals surface area (Å²) < 4.78 is 5.60. The van der Waals surface area contributed by atoms with E-state index in [1.54, 1.807) is 0 Å². The minimum Gasteiger partial charge on any atom is -0.376 e. The van der Waals surface area contributed by atoms with Gasteiger partial charge in [0, 0.05) is 32.2 Å². The Hall–Kier alpha value is -0.320. The van der Waals surface area contributed by atoms with Crippen molar-refractivity contribution in [2.75, 3.05) is 26.2 Å². The van der Waals surface area contributed by atoms with Gasteiger partial charge >= 0.3 is 0 Å². The molecule has 0 spiro atoms. The van der Waals surface area contributed by atoms with E-state index in [0.29, 0.717) is 12.5 Å². The molecule has 5 heteroatoms. The number of hydrogen-bond donors (Lipinski definition) is 1. The molecule has 2 aliphatic rings. The van der Waals surface area contributed by atoms with Crippen LogP contribution in [0.4, 0.5) is 0 Å². The lowest BCUT2D eigenvalue weighted by Crippen LogP contribution is -2.40. The normalized spacial score (nSPS) is 26.9. The third kappa shape index (κ3) is 4.41. The van der Waals surface area contributed by atoms with E-state index >= 15 is 0 Å². The Morgan fingerprint density at radius 1 is 1.39 bits per heavy atom. The highest BCUT2D eigenvalue weighted by Gasteiger charge is 2.24. The van der Waals surface area contributed by atoms with E-state index < -0.39 is 0 Å². The molecule has 2 fully saturated rings. The third-order valence-electron chi connectivity index (χ3n) is 3.77. The molecule has 0 bridgehead atoms. The van der Waals surface area contributed by atoms with E-state index in [1.165, 1.54) is 6.42 Å². The summed E-state index contributed by atoms with van der Waals surface area (Å²) in [5, 5.41) is 3.38. The van der Waals surface area contributed by atoms with E-state index in [2.05, 4.69) is 12.2 Å². The number of rotatable bonds is 5. The average Bonchev–Trinajstić information content (AvgIpc) is 2.97. The van der Waals surface area contributed by atoms with Crippen molar-refractivity contribution in [3.63, 3.8) is 0 Å². The molecular formula is C13H25ClN2O2. The quantitative estimate of drug-likeness (QED) is 0.829. The summed E-state index contributed by atoms with van der Waals surface area (Å²) in [6, 6.07) is 0.404. The molecule has 18 heavy (non-hydrogen) atoms. The van der Waals surface area contributed by atoms with Crippen molar-refractivity contribution in [2.24, 2.45) is 0 Å². The largest absolute Gasteiger partial charge is 0.376 e. The maximum Gasteiger partial charge on any atom is 0.224 e. The summed E-state index contributed by atoms with van der Waals surface area (Å²) in [5.74, 6) is 0.280. The van der Waals surface area contributed by atoms with E-state index in [9.17, 15) is 4.79 Å². The molecule has 1 amide bonds. The summed E-state index contributed by atoms with van der Waals surface area (Å²) in [7, 11) is 0. The van der Waals surface area contributed by atoms with Crippen LogP contribution in [0.25, 0.3) is 0 Å². The molecule has 0 aromatic carbocycles. The zero-order chi connectivity index (χ0) is 12.1. The summed E-state index contributed by atoms with van der Waals surface area (Å²) in [6.45, 7) is 5.55. The van der Waals surface area contributed by atoms with Gasteiger partial charge in [-0.3, -0.25) is 4.79 Å². The van der Waals surface area contributed by atoms with Crippen LogP contribution in [0, 0.1) is 0 Å². The fraction of sp³-hybridized carbons (Fsp3) is 0.923. The highest BCUT2D eigenvalue weighted by Crippen LogP contribution is 2.15. The van der Waals surface area contributed by atoms with Crippen molar-refractivity contribution in [1.29, 1.82) is 0 Å². The molecule has 1 N–H and O–H groups in total. The van der Waals surface area contributed by atoms with Crippen molar-refractivity contribution in [3.05, 3.63) is 0 Å². The number of halogens is 1. The molecular weight excluding hydrogens is 252 g/mol. The van der Waals surface area contributed by atoms with Crippen LogP contribution in [-0.2, 0) is 9.53 Å². The number of hydrogen-bond acceptors (Lipinski definition) is 3. The molecule has 2 saturated heterocycles. The van der Waals surface area contributed by atoms with Gasteiger partial charge in [-0.2, -0.15) is 0 Å². The van der Waals surface area contributed by atoms with Gasteiger partial charge in [-0.05, 0) is 39.2 Å². The van der Waals surface area contributed by atoms with Gasteiger partial charge < -0.3 is 15.0 Å². The van der Waals surface area contributed by atoms with Crippen LogP contribution >= 0.6 is 12.4 Å². The first-order valence-electron chi connectivity index (χ1n) is 6.92. The Morgan fingerprint density at radius 2 is 2.22 bits per heavy atom. The molecule has 106 valence electrons. The van der Waals surface area contributed by atoms with Crippen molar-refractivity contribution in [1.82, 2.24) is 10.2 Å². The lowest BCUT2D eigenvalue weighted by molar-refractivity contribution is -0.133. The van der Waals surface area contributed by atoms with Crippen LogP contribution in [0.1, 0.15) is 39.0 Å². The maximum atomic E-state index is 12.1. The molecule has 0 aliphatic carbocycles. The van der Waals surface area contributed by atoms with Gasteiger partial charge in [0.25, 0.3) is 0 Å². The van der Waals surface area contributed by atoms with E-state index in [-0.39, 0.29) is 24.4 Å². The number of ether oxygens (including phenoxy) is 1. The Bertz CT molecular complexity index is 251. The summed E-state index contributed by atoms with van der Waals surface area (Å²) in [6.07, 6.45) is 5.52. The fourth-order valence-corrected chi connectivity index (χ4v) is 2.71. The van der Waals surface area contributed by atoms with Gasteiger partial charge in [-0.15, -0.1) is 12.4 Å². The number of nitrogens with zero attached hydrogens (tertiary/aromatic N) is 1. The first-order chi connectivity index (χ1) is 8.29. The van der Waals surface area contributed by atoms with Crippen LogP contribution in [0.15, 0.2) is 0 Å². The second-order valence-electron chi connectivity index (χ2n) is 5.06. The molecule has 2 unspecified atom stereocenters. The minimum atomic E-state index is 0. The zero-order valence-electron chi connectivity index (χ0n) is 11.2. The van der Waals surface area contributed by atoms with Crippen molar-refractivity contribution in [3.8, 4) is 0 Å². The predicted molar refractivity (Wildman–Crippen MR) is 74.1 cm³/mol. The summed E-state index contributed by atoms with van der Waals surface area (Å²) in [4.78, 5) is 14.1. The second-order valence-corrected chi connectivity index (χ2v) is 5.06. The number of carbonyl (C=O) groups is 1. The fourth-order valence-electron chi connectivity index (χ4n) is 2.71. The van der Waals surface area contributed by atoms with Crippen molar-refractivity contribution in [2.45, 2.75) is 51.2 Å². The summed E-state index contributed by atoms with van der Waals surface area (Å²) in [5.41, 5.74) is 0. The van der Waals surface area contributed by atoms with Gasteiger partial charge in [0.1, 0.15) is 0 Å². The van der Waals surface area contributed by atoms with E-state index in [1.807, 2.05) is 4.90 Å². The summed E-state index contributed by atoms with van der Waals surface area (Å²) >= 11 is 0. The van der Waals surface area contributed by atoms with E-state index in [0.717, 1.165) is 45.5 Å². The van der Waals surface area contributed by atoms with Gasteiger partial charge in [0.05, 0.1) is 6.10 Å².